The van der Waals surface area contributed by atoms with E-state index in [1.165, 1.54) is 29.2 Å². The van der Waals surface area contributed by atoms with E-state index in [9.17, 15) is 9.18 Å². The summed E-state index contributed by atoms with van der Waals surface area (Å²) in [6.07, 6.45) is 2.85. The number of aliphatic imine (C=N–C) groups is 2. The molecule has 0 saturated carbocycles. The van der Waals surface area contributed by atoms with Gasteiger partial charge in [0.25, 0.3) is 5.91 Å². The lowest BCUT2D eigenvalue weighted by Gasteiger charge is -2.16. The monoisotopic (exact) mass is 455 g/mol. The van der Waals surface area contributed by atoms with Crippen molar-refractivity contribution in [2.24, 2.45) is 15.7 Å². The molecule has 9 heteroatoms. The number of aromatic nitrogens is 3. The molecule has 2 aromatic carbocycles. The van der Waals surface area contributed by atoms with E-state index in [-0.39, 0.29) is 17.2 Å². The molecule has 0 saturated heterocycles. The maximum Gasteiger partial charge on any atom is 0.251 e. The maximum atomic E-state index is 13.6. The Labute approximate surface area is 195 Å². The van der Waals surface area contributed by atoms with Gasteiger partial charge in [-0.05, 0) is 61.7 Å². The fraction of sp³-hybridized carbons (Fsp3) is 0.0800. The van der Waals surface area contributed by atoms with Gasteiger partial charge in [-0.25, -0.2) is 14.1 Å². The number of anilines is 1. The number of hydrogen-bond donors (Lipinski definition) is 2. The smallest absolute Gasteiger partial charge is 0.251 e. The molecule has 0 atom stereocenters. The van der Waals surface area contributed by atoms with Crippen LogP contribution in [0, 0.1) is 5.82 Å². The number of amides is 1. The molecule has 0 spiro atoms. The molecule has 170 valence electrons. The van der Waals surface area contributed by atoms with E-state index in [0.29, 0.717) is 28.2 Å². The van der Waals surface area contributed by atoms with Crippen LogP contribution in [0.2, 0.25) is 0 Å². The fourth-order valence-electron chi connectivity index (χ4n) is 3.58. The van der Waals surface area contributed by atoms with Crippen LogP contribution in [-0.2, 0) is 0 Å². The fourth-order valence-corrected chi connectivity index (χ4v) is 3.58. The topological polar surface area (TPSA) is 125 Å². The van der Waals surface area contributed by atoms with Crippen LogP contribution in [0.3, 0.4) is 0 Å². The van der Waals surface area contributed by atoms with Crippen molar-refractivity contribution in [2.75, 3.05) is 12.8 Å². The number of halogens is 1. The van der Waals surface area contributed by atoms with Crippen LogP contribution in [0.25, 0.3) is 28.1 Å². The van der Waals surface area contributed by atoms with Gasteiger partial charge in [0.1, 0.15) is 17.3 Å². The Morgan fingerprint density at radius 2 is 1.82 bits per heavy atom. The zero-order valence-electron chi connectivity index (χ0n) is 18.7. The molecular formula is C25H22FN7O. The second kappa shape index (κ2) is 9.07. The number of hydrogen-bond acceptors (Lipinski definition) is 6. The third-order valence-corrected chi connectivity index (χ3v) is 5.47. The Bertz CT molecular complexity index is 1440. The first kappa shape index (κ1) is 22.5. The molecule has 0 fully saturated rings. The van der Waals surface area contributed by atoms with E-state index in [2.05, 4.69) is 26.8 Å². The van der Waals surface area contributed by atoms with E-state index in [4.69, 9.17) is 11.5 Å². The minimum absolute atomic E-state index is 0.179. The predicted octanol–water partition coefficient (Wildman–Crippen LogP) is 4.19. The van der Waals surface area contributed by atoms with Gasteiger partial charge < -0.3 is 11.5 Å². The van der Waals surface area contributed by atoms with E-state index in [0.717, 1.165) is 16.8 Å². The number of pyridine rings is 1. The molecule has 4 rings (SSSR count). The molecular weight excluding hydrogens is 433 g/mol. The lowest BCUT2D eigenvalue weighted by atomic mass is 9.95. The van der Waals surface area contributed by atoms with Gasteiger partial charge in [0, 0.05) is 35.6 Å². The molecule has 0 bridgehead atoms. The van der Waals surface area contributed by atoms with Gasteiger partial charge in [0.05, 0.1) is 23.1 Å². The lowest BCUT2D eigenvalue weighted by molar-refractivity contribution is 0.100. The standard InChI is InChI=1S/C25H22FN7O/c1-14(29-2)19-10-16(6-9-21(19)30-3)20-11-22(33-13-17(12-31-33)25(28)34)24(27)32-23(20)15-4-7-18(26)8-5-15/h4-13H,3H2,1-2H3,(H2,27,32)(H2,28,34). The average Bonchev–Trinajstić information content (AvgIpc) is 3.34. The summed E-state index contributed by atoms with van der Waals surface area (Å²) in [5, 5.41) is 4.21. The molecule has 2 heterocycles. The molecule has 2 aromatic heterocycles. The van der Waals surface area contributed by atoms with Crippen LogP contribution in [0.15, 0.2) is 70.9 Å². The second-order valence-corrected chi connectivity index (χ2v) is 7.53. The Morgan fingerprint density at radius 3 is 2.44 bits per heavy atom. The highest BCUT2D eigenvalue weighted by atomic mass is 19.1. The number of carbonyl (C=O) groups is 1. The normalized spacial score (nSPS) is 11.4. The molecule has 0 aliphatic rings. The number of carbonyl (C=O) groups excluding carboxylic acids is 1. The summed E-state index contributed by atoms with van der Waals surface area (Å²) in [6, 6.07) is 13.5. The molecule has 1 amide bonds. The van der Waals surface area contributed by atoms with Crippen LogP contribution in [0.4, 0.5) is 15.9 Å². The van der Waals surface area contributed by atoms with Crippen LogP contribution in [-0.4, -0.2) is 40.1 Å². The zero-order chi connectivity index (χ0) is 24.4. The van der Waals surface area contributed by atoms with Crippen molar-refractivity contribution in [3.63, 3.8) is 0 Å². The van der Waals surface area contributed by atoms with Crippen LogP contribution < -0.4 is 11.5 Å². The zero-order valence-corrected chi connectivity index (χ0v) is 18.7. The number of nitrogens with two attached hydrogens (primary N) is 2. The number of rotatable bonds is 6. The van der Waals surface area contributed by atoms with Crippen LogP contribution in [0.5, 0.6) is 0 Å². The van der Waals surface area contributed by atoms with E-state index in [1.807, 2.05) is 31.2 Å². The quantitative estimate of drug-likeness (QED) is 0.423. The summed E-state index contributed by atoms with van der Waals surface area (Å²) < 4.78 is 15.0. The molecule has 8 nitrogen and oxygen atoms in total. The van der Waals surface area contributed by atoms with Crippen LogP contribution in [0.1, 0.15) is 22.8 Å². The summed E-state index contributed by atoms with van der Waals surface area (Å²) in [6.45, 7) is 5.53. The van der Waals surface area contributed by atoms with Crippen molar-refractivity contribution in [1.82, 2.24) is 14.8 Å². The van der Waals surface area contributed by atoms with E-state index >= 15 is 0 Å². The van der Waals surface area contributed by atoms with Crippen molar-refractivity contribution >= 4 is 29.8 Å². The molecule has 0 unspecified atom stereocenters. The molecule has 34 heavy (non-hydrogen) atoms. The Morgan fingerprint density at radius 1 is 1.12 bits per heavy atom. The number of nitrogens with zero attached hydrogens (tertiary/aromatic N) is 5. The minimum Gasteiger partial charge on any atom is -0.382 e. The van der Waals surface area contributed by atoms with Gasteiger partial charge >= 0.3 is 0 Å². The average molecular weight is 455 g/mol. The van der Waals surface area contributed by atoms with Crippen molar-refractivity contribution in [1.29, 1.82) is 0 Å². The summed E-state index contributed by atoms with van der Waals surface area (Å²) in [5.74, 6) is -0.783. The third kappa shape index (κ3) is 4.18. The first-order valence-corrected chi connectivity index (χ1v) is 10.3. The molecule has 0 radical (unpaired) electrons. The molecule has 0 aliphatic heterocycles. The first-order chi connectivity index (χ1) is 16.3. The first-order valence-electron chi connectivity index (χ1n) is 10.3. The van der Waals surface area contributed by atoms with Crippen molar-refractivity contribution in [3.05, 3.63) is 77.9 Å². The minimum atomic E-state index is -0.604. The van der Waals surface area contributed by atoms with Gasteiger partial charge in [-0.1, -0.05) is 6.07 Å². The summed E-state index contributed by atoms with van der Waals surface area (Å²) in [7, 11) is 1.70. The lowest BCUT2D eigenvalue weighted by Crippen LogP contribution is -2.10. The highest BCUT2D eigenvalue weighted by Crippen LogP contribution is 2.36. The summed E-state index contributed by atoms with van der Waals surface area (Å²) in [4.78, 5) is 24.6. The van der Waals surface area contributed by atoms with Crippen LogP contribution >= 0.6 is 0 Å². The van der Waals surface area contributed by atoms with Gasteiger partial charge in [-0.15, -0.1) is 0 Å². The molecule has 0 aliphatic carbocycles. The Balaban J connectivity index is 1.99. The third-order valence-electron chi connectivity index (χ3n) is 5.47. The second-order valence-electron chi connectivity index (χ2n) is 7.53. The number of benzene rings is 2. The van der Waals surface area contributed by atoms with Gasteiger partial charge in [-0.2, -0.15) is 5.10 Å². The van der Waals surface area contributed by atoms with Gasteiger partial charge in [0.2, 0.25) is 0 Å². The predicted molar refractivity (Wildman–Crippen MR) is 132 cm³/mol. The Hall–Kier alpha value is -4.66. The van der Waals surface area contributed by atoms with Gasteiger partial charge in [0.15, 0.2) is 0 Å². The van der Waals surface area contributed by atoms with Crippen molar-refractivity contribution in [3.8, 4) is 28.1 Å². The van der Waals surface area contributed by atoms with Crippen molar-refractivity contribution in [2.45, 2.75) is 6.92 Å². The van der Waals surface area contributed by atoms with Crippen molar-refractivity contribution < 1.29 is 9.18 Å². The van der Waals surface area contributed by atoms with E-state index < -0.39 is 5.91 Å². The SMILES string of the molecule is C=Nc1ccc(-c2cc(-n3cc(C(N)=O)cn3)c(N)nc2-c2ccc(F)cc2)cc1C(C)=NC. The van der Waals surface area contributed by atoms with E-state index in [1.54, 1.807) is 19.2 Å². The largest absolute Gasteiger partial charge is 0.382 e. The summed E-state index contributed by atoms with van der Waals surface area (Å²) in [5.41, 5.74) is 17.4. The van der Waals surface area contributed by atoms with Gasteiger partial charge in [-0.3, -0.25) is 14.8 Å². The molecule has 4 aromatic rings. The molecule has 4 N–H and O–H groups in total. The maximum absolute atomic E-state index is 13.6. The highest BCUT2D eigenvalue weighted by Gasteiger charge is 2.18. The Kier molecular flexibility index (Phi) is 6.01. The highest BCUT2D eigenvalue weighted by molar-refractivity contribution is 6.04. The number of primary amides is 1. The number of nitrogen functional groups attached to an aromatic ring is 1. The summed E-state index contributed by atoms with van der Waals surface area (Å²) >= 11 is 0.